The molecule has 0 bridgehead atoms. The van der Waals surface area contributed by atoms with Crippen molar-refractivity contribution in [1.29, 1.82) is 0 Å². The Bertz CT molecular complexity index is 626. The number of carboxylic acid groups (broad SMARTS) is 2. The number of rotatable bonds is 2. The maximum atomic E-state index is 11.9. The molecule has 114 valence electrons. The smallest absolute Gasteiger partial charge is 0.323 e. The Labute approximate surface area is 136 Å². The number of aliphatic carboxylic acids is 2. The fourth-order valence-electron chi connectivity index (χ4n) is 2.46. The lowest BCUT2D eigenvalue weighted by molar-refractivity contribution is -0.148. The molecule has 0 aromatic heterocycles. The van der Waals surface area contributed by atoms with Crippen LogP contribution in [-0.2, 0) is 9.59 Å². The Balaban J connectivity index is 2.63. The lowest BCUT2D eigenvalue weighted by Gasteiger charge is -2.39. The predicted molar refractivity (Wildman–Crippen MR) is 86.3 cm³/mol. The van der Waals surface area contributed by atoms with Crippen molar-refractivity contribution in [3.8, 4) is 0 Å². The van der Waals surface area contributed by atoms with Crippen molar-refractivity contribution in [2.75, 3.05) is 0 Å². The third-order valence-electron chi connectivity index (χ3n) is 4.00. The number of allylic oxidation sites excluding steroid dienone is 2. The first kappa shape index (κ1) is 16.4. The first-order chi connectivity index (χ1) is 9.43. The fourth-order valence-corrected chi connectivity index (χ4v) is 4.53. The van der Waals surface area contributed by atoms with Crippen molar-refractivity contribution < 1.29 is 19.8 Å². The van der Waals surface area contributed by atoms with Crippen LogP contribution in [0.3, 0.4) is 0 Å². The second-order valence-electron chi connectivity index (χ2n) is 6.50. The summed E-state index contributed by atoms with van der Waals surface area (Å²) >= 11 is 4.59. The first-order valence-electron chi connectivity index (χ1n) is 6.43. The largest absolute Gasteiger partial charge is 0.480 e. The van der Waals surface area contributed by atoms with Crippen LogP contribution in [-0.4, -0.2) is 26.9 Å². The summed E-state index contributed by atoms with van der Waals surface area (Å²) in [6.45, 7) is 7.20. The Morgan fingerprint density at radius 3 is 2.14 bits per heavy atom. The SMILES string of the molecule is CC(C)(C)[C@@]1(C(=O)O)C=C(Br)C2=C[C@](C)(C(=O)O)SC2=C1. The fraction of sp³-hybridized carbons (Fsp3) is 0.467. The molecule has 6 heteroatoms. The van der Waals surface area contributed by atoms with Gasteiger partial charge in [-0.1, -0.05) is 36.7 Å². The first-order valence-corrected chi connectivity index (χ1v) is 8.04. The summed E-state index contributed by atoms with van der Waals surface area (Å²) in [5.74, 6) is -1.88. The van der Waals surface area contributed by atoms with Gasteiger partial charge in [0.15, 0.2) is 0 Å². The third kappa shape index (κ3) is 2.38. The zero-order valence-corrected chi connectivity index (χ0v) is 14.6. The van der Waals surface area contributed by atoms with Crippen molar-refractivity contribution in [3.05, 3.63) is 33.2 Å². The molecule has 0 aromatic carbocycles. The van der Waals surface area contributed by atoms with Crippen molar-refractivity contribution in [1.82, 2.24) is 0 Å². The van der Waals surface area contributed by atoms with Crippen molar-refractivity contribution in [2.24, 2.45) is 10.8 Å². The highest BCUT2D eigenvalue weighted by Gasteiger charge is 2.51. The van der Waals surface area contributed by atoms with Crippen LogP contribution in [0.5, 0.6) is 0 Å². The number of carbonyl (C=O) groups is 2. The maximum Gasteiger partial charge on any atom is 0.323 e. The number of carboxylic acids is 2. The highest BCUT2D eigenvalue weighted by molar-refractivity contribution is 9.12. The van der Waals surface area contributed by atoms with E-state index in [0.717, 1.165) is 5.57 Å². The van der Waals surface area contributed by atoms with E-state index in [1.165, 1.54) is 11.8 Å². The van der Waals surface area contributed by atoms with E-state index in [1.54, 1.807) is 25.2 Å². The van der Waals surface area contributed by atoms with Gasteiger partial charge < -0.3 is 10.2 Å². The van der Waals surface area contributed by atoms with Gasteiger partial charge in [0.1, 0.15) is 10.2 Å². The van der Waals surface area contributed by atoms with Crippen LogP contribution < -0.4 is 0 Å². The molecule has 1 aliphatic carbocycles. The number of hydrogen-bond acceptors (Lipinski definition) is 3. The third-order valence-corrected chi connectivity index (χ3v) is 5.93. The molecule has 0 radical (unpaired) electrons. The van der Waals surface area contributed by atoms with Crippen LogP contribution >= 0.6 is 27.7 Å². The quantitative estimate of drug-likeness (QED) is 0.770. The minimum absolute atomic E-state index is 0.543. The topological polar surface area (TPSA) is 74.6 Å². The molecule has 2 aliphatic rings. The Kier molecular flexibility index (Phi) is 3.70. The van der Waals surface area contributed by atoms with Crippen molar-refractivity contribution in [2.45, 2.75) is 32.4 Å². The van der Waals surface area contributed by atoms with Crippen LogP contribution in [0.2, 0.25) is 0 Å². The summed E-state index contributed by atoms with van der Waals surface area (Å²) in [7, 11) is 0. The van der Waals surface area contributed by atoms with Gasteiger partial charge in [0.2, 0.25) is 0 Å². The molecule has 0 unspecified atom stereocenters. The van der Waals surface area contributed by atoms with Crippen molar-refractivity contribution in [3.63, 3.8) is 0 Å². The summed E-state index contributed by atoms with van der Waals surface area (Å²) in [6, 6.07) is 0. The standard InChI is InChI=1S/C15H17BrO4S/c1-13(2,3)15(12(19)20)6-9(16)8-5-14(4,11(17)18)21-10(8)7-15/h5-7H,1-4H3,(H,17,18)(H,19,20)/t14-,15+/m1/s1. The summed E-state index contributed by atoms with van der Waals surface area (Å²) < 4.78 is -0.435. The highest BCUT2D eigenvalue weighted by Crippen LogP contribution is 2.56. The molecule has 0 aromatic rings. The molecule has 0 amide bonds. The molecule has 21 heavy (non-hydrogen) atoms. The predicted octanol–water partition coefficient (Wildman–Crippen LogP) is 3.80. The molecule has 2 rings (SSSR count). The molecular formula is C15H17BrO4S. The van der Waals surface area contributed by atoms with E-state index in [-0.39, 0.29) is 0 Å². The van der Waals surface area contributed by atoms with Gasteiger partial charge in [0, 0.05) is 9.39 Å². The Morgan fingerprint density at radius 1 is 1.14 bits per heavy atom. The van der Waals surface area contributed by atoms with Crippen LogP contribution in [0.4, 0.5) is 0 Å². The Hall–Kier alpha value is -1.01. The normalized spacial score (nSPS) is 32.0. The molecule has 2 N–H and O–H groups in total. The molecule has 1 heterocycles. The van der Waals surface area contributed by atoms with Crippen LogP contribution in [0, 0.1) is 10.8 Å². The molecule has 0 fully saturated rings. The van der Waals surface area contributed by atoms with Gasteiger partial charge in [-0.3, -0.25) is 9.59 Å². The van der Waals surface area contributed by atoms with Gasteiger partial charge in [-0.05, 0) is 36.1 Å². The van der Waals surface area contributed by atoms with Crippen molar-refractivity contribution >= 4 is 39.6 Å². The summed E-state index contributed by atoms with van der Waals surface area (Å²) in [5.41, 5.74) is -0.958. The zero-order chi connectivity index (χ0) is 16.2. The van der Waals surface area contributed by atoms with Crippen LogP contribution in [0.1, 0.15) is 27.7 Å². The number of fused-ring (bicyclic) bond motifs is 1. The second-order valence-corrected chi connectivity index (χ2v) is 8.84. The summed E-state index contributed by atoms with van der Waals surface area (Å²) in [4.78, 5) is 24.0. The van der Waals surface area contributed by atoms with E-state index < -0.39 is 27.5 Å². The maximum absolute atomic E-state index is 11.9. The zero-order valence-electron chi connectivity index (χ0n) is 12.2. The number of hydrogen-bond donors (Lipinski definition) is 2. The molecule has 0 saturated carbocycles. The van der Waals surface area contributed by atoms with Gasteiger partial charge in [-0.15, -0.1) is 11.8 Å². The van der Waals surface area contributed by atoms with Crippen LogP contribution in [0.25, 0.3) is 0 Å². The highest BCUT2D eigenvalue weighted by atomic mass is 79.9. The monoisotopic (exact) mass is 372 g/mol. The minimum Gasteiger partial charge on any atom is -0.480 e. The number of thioether (sulfide) groups is 1. The van der Waals surface area contributed by atoms with E-state index in [0.29, 0.717) is 9.39 Å². The molecule has 1 aliphatic heterocycles. The molecule has 2 atom stereocenters. The van der Waals surface area contributed by atoms with E-state index >= 15 is 0 Å². The summed E-state index contributed by atoms with van der Waals surface area (Å²) in [6.07, 6.45) is 5.02. The van der Waals surface area contributed by atoms with Crippen LogP contribution in [0.15, 0.2) is 33.2 Å². The van der Waals surface area contributed by atoms with E-state index in [2.05, 4.69) is 15.9 Å². The molecule has 0 saturated heterocycles. The van der Waals surface area contributed by atoms with Gasteiger partial charge in [0.05, 0.1) is 0 Å². The number of halogens is 1. The summed E-state index contributed by atoms with van der Waals surface area (Å²) in [5, 5.41) is 19.1. The molecular weight excluding hydrogens is 356 g/mol. The van der Waals surface area contributed by atoms with Gasteiger partial charge in [0.25, 0.3) is 0 Å². The minimum atomic E-state index is -1.17. The lowest BCUT2D eigenvalue weighted by atomic mass is 9.64. The average Bonchev–Trinajstić information content (AvgIpc) is 2.65. The van der Waals surface area contributed by atoms with E-state index in [9.17, 15) is 19.8 Å². The average molecular weight is 373 g/mol. The van der Waals surface area contributed by atoms with Gasteiger partial charge in [-0.25, -0.2) is 0 Å². The van der Waals surface area contributed by atoms with E-state index in [4.69, 9.17) is 0 Å². The molecule has 4 nitrogen and oxygen atoms in total. The Morgan fingerprint density at radius 2 is 1.71 bits per heavy atom. The van der Waals surface area contributed by atoms with Gasteiger partial charge in [-0.2, -0.15) is 0 Å². The molecule has 0 spiro atoms. The van der Waals surface area contributed by atoms with Gasteiger partial charge >= 0.3 is 11.9 Å². The van der Waals surface area contributed by atoms with E-state index in [1.807, 2.05) is 20.8 Å². The lowest BCUT2D eigenvalue weighted by Crippen LogP contribution is -2.41. The second kappa shape index (κ2) is 4.74.